The van der Waals surface area contributed by atoms with Gasteiger partial charge in [0.15, 0.2) is 5.78 Å². The molecular formula is C19H18N2O2. The van der Waals surface area contributed by atoms with Gasteiger partial charge in [0.1, 0.15) is 11.4 Å². The largest absolute Gasteiger partial charge is 0.497 e. The van der Waals surface area contributed by atoms with Crippen molar-refractivity contribution in [2.24, 2.45) is 0 Å². The van der Waals surface area contributed by atoms with Crippen LogP contribution in [-0.2, 0) is 6.54 Å². The van der Waals surface area contributed by atoms with Gasteiger partial charge in [-0.2, -0.15) is 5.10 Å². The van der Waals surface area contributed by atoms with E-state index in [1.807, 2.05) is 60.7 Å². The van der Waals surface area contributed by atoms with Crippen molar-refractivity contribution in [1.29, 1.82) is 0 Å². The molecule has 0 radical (unpaired) electrons. The molecule has 0 unspecified atom stereocenters. The first-order chi connectivity index (χ1) is 11.2. The number of ether oxygens (including phenoxy) is 1. The molecule has 0 saturated carbocycles. The first-order valence-corrected chi connectivity index (χ1v) is 7.44. The number of hydrogen-bond acceptors (Lipinski definition) is 3. The number of benzene rings is 2. The fraction of sp³-hybridized carbons (Fsp3) is 0.158. The van der Waals surface area contributed by atoms with E-state index in [1.54, 1.807) is 18.7 Å². The highest BCUT2D eigenvalue weighted by molar-refractivity contribution is 5.93. The molecule has 3 aromatic rings. The summed E-state index contributed by atoms with van der Waals surface area (Å²) in [7, 11) is 1.64. The number of methoxy groups -OCH3 is 1. The summed E-state index contributed by atoms with van der Waals surface area (Å²) in [6.07, 6.45) is 0. The maximum atomic E-state index is 11.9. The second-order valence-electron chi connectivity index (χ2n) is 5.34. The molecule has 4 nitrogen and oxygen atoms in total. The van der Waals surface area contributed by atoms with Gasteiger partial charge in [-0.25, -0.2) is 0 Å². The van der Waals surface area contributed by atoms with Crippen LogP contribution < -0.4 is 4.74 Å². The lowest BCUT2D eigenvalue weighted by molar-refractivity contribution is 0.100. The summed E-state index contributed by atoms with van der Waals surface area (Å²) in [6, 6.07) is 19.5. The number of ketones is 1. The van der Waals surface area contributed by atoms with Crippen LogP contribution in [0.1, 0.15) is 23.0 Å². The molecule has 0 spiro atoms. The topological polar surface area (TPSA) is 44.1 Å². The zero-order chi connectivity index (χ0) is 16.2. The van der Waals surface area contributed by atoms with Crippen LogP contribution in [0.2, 0.25) is 0 Å². The van der Waals surface area contributed by atoms with Crippen LogP contribution in [0, 0.1) is 0 Å². The van der Waals surface area contributed by atoms with Gasteiger partial charge in [-0.05, 0) is 23.8 Å². The minimum absolute atomic E-state index is 0.00759. The van der Waals surface area contributed by atoms with E-state index in [-0.39, 0.29) is 5.78 Å². The van der Waals surface area contributed by atoms with Crippen LogP contribution in [0.15, 0.2) is 60.7 Å². The minimum Gasteiger partial charge on any atom is -0.497 e. The average Bonchev–Trinajstić information content (AvgIpc) is 3.00. The van der Waals surface area contributed by atoms with Gasteiger partial charge >= 0.3 is 0 Å². The van der Waals surface area contributed by atoms with Crippen LogP contribution in [0.25, 0.3) is 11.3 Å². The highest BCUT2D eigenvalue weighted by Gasteiger charge is 2.13. The van der Waals surface area contributed by atoms with E-state index in [0.717, 1.165) is 22.6 Å². The Balaban J connectivity index is 1.94. The summed E-state index contributed by atoms with van der Waals surface area (Å²) >= 11 is 0. The van der Waals surface area contributed by atoms with Crippen molar-refractivity contribution in [3.05, 3.63) is 71.9 Å². The minimum atomic E-state index is 0.00759. The summed E-state index contributed by atoms with van der Waals surface area (Å²) in [5.74, 6) is 0.819. The quantitative estimate of drug-likeness (QED) is 0.673. The van der Waals surface area contributed by atoms with Crippen molar-refractivity contribution in [2.45, 2.75) is 13.5 Å². The van der Waals surface area contributed by atoms with Crippen molar-refractivity contribution in [1.82, 2.24) is 9.78 Å². The lowest BCUT2D eigenvalue weighted by Gasteiger charge is -2.06. The van der Waals surface area contributed by atoms with Crippen molar-refractivity contribution < 1.29 is 9.53 Å². The zero-order valence-corrected chi connectivity index (χ0v) is 13.2. The molecule has 0 bridgehead atoms. The lowest BCUT2D eigenvalue weighted by atomic mass is 10.1. The Hall–Kier alpha value is -2.88. The third kappa shape index (κ3) is 3.31. The molecule has 23 heavy (non-hydrogen) atoms. The molecule has 0 aliphatic carbocycles. The summed E-state index contributed by atoms with van der Waals surface area (Å²) in [5.41, 5.74) is 3.49. The Kier molecular flexibility index (Phi) is 4.24. The molecule has 0 saturated heterocycles. The Morgan fingerprint density at radius 1 is 1.09 bits per heavy atom. The first kappa shape index (κ1) is 15.0. The Labute approximate surface area is 135 Å². The van der Waals surface area contributed by atoms with E-state index < -0.39 is 0 Å². The fourth-order valence-electron chi connectivity index (χ4n) is 2.47. The molecule has 2 aromatic carbocycles. The maximum Gasteiger partial charge on any atom is 0.177 e. The normalized spacial score (nSPS) is 10.5. The number of carbonyl (C=O) groups excluding carboxylic acids is 1. The molecule has 1 aromatic heterocycles. The molecule has 0 amide bonds. The van der Waals surface area contributed by atoms with Crippen LogP contribution in [0.5, 0.6) is 5.75 Å². The number of rotatable bonds is 5. The third-order valence-electron chi connectivity index (χ3n) is 3.70. The summed E-state index contributed by atoms with van der Waals surface area (Å²) in [5, 5.41) is 4.60. The van der Waals surface area contributed by atoms with Gasteiger partial charge in [-0.3, -0.25) is 9.48 Å². The third-order valence-corrected chi connectivity index (χ3v) is 3.70. The molecule has 116 valence electrons. The zero-order valence-electron chi connectivity index (χ0n) is 13.2. The maximum absolute atomic E-state index is 11.9. The van der Waals surface area contributed by atoms with Gasteiger partial charge in [0, 0.05) is 12.5 Å². The summed E-state index contributed by atoms with van der Waals surface area (Å²) in [4.78, 5) is 11.9. The first-order valence-electron chi connectivity index (χ1n) is 7.44. The molecule has 0 atom stereocenters. The van der Waals surface area contributed by atoms with Crippen LogP contribution in [-0.4, -0.2) is 22.7 Å². The van der Waals surface area contributed by atoms with Gasteiger partial charge in [0.2, 0.25) is 0 Å². The Morgan fingerprint density at radius 3 is 2.39 bits per heavy atom. The molecule has 0 fully saturated rings. The van der Waals surface area contributed by atoms with Crippen LogP contribution in [0.4, 0.5) is 0 Å². The predicted octanol–water partition coefficient (Wildman–Crippen LogP) is 3.81. The SMILES string of the molecule is COc1ccc(Cn2nc(-c3ccccc3)cc2C(C)=O)cc1. The Morgan fingerprint density at radius 2 is 1.78 bits per heavy atom. The number of Topliss-reactive ketones (excluding diaryl/α,β-unsaturated/α-hetero) is 1. The van der Waals surface area contributed by atoms with E-state index in [4.69, 9.17) is 4.74 Å². The molecule has 0 N–H and O–H groups in total. The average molecular weight is 306 g/mol. The summed E-state index contributed by atoms with van der Waals surface area (Å²) < 4.78 is 6.92. The van der Waals surface area contributed by atoms with E-state index in [0.29, 0.717) is 12.2 Å². The van der Waals surface area contributed by atoms with E-state index >= 15 is 0 Å². The molecule has 0 aliphatic heterocycles. The van der Waals surface area contributed by atoms with Gasteiger partial charge in [-0.1, -0.05) is 42.5 Å². The smallest absolute Gasteiger partial charge is 0.177 e. The van der Waals surface area contributed by atoms with E-state index in [9.17, 15) is 4.79 Å². The van der Waals surface area contributed by atoms with Crippen LogP contribution >= 0.6 is 0 Å². The molecular weight excluding hydrogens is 288 g/mol. The summed E-state index contributed by atoms with van der Waals surface area (Å²) in [6.45, 7) is 2.11. The van der Waals surface area contributed by atoms with Gasteiger partial charge in [-0.15, -0.1) is 0 Å². The second kappa shape index (κ2) is 6.48. The van der Waals surface area contributed by atoms with E-state index in [1.165, 1.54) is 0 Å². The van der Waals surface area contributed by atoms with E-state index in [2.05, 4.69) is 5.10 Å². The number of carbonyl (C=O) groups is 1. The lowest BCUT2D eigenvalue weighted by Crippen LogP contribution is -2.09. The van der Waals surface area contributed by atoms with Gasteiger partial charge in [0.25, 0.3) is 0 Å². The number of hydrogen-bond donors (Lipinski definition) is 0. The van der Waals surface area contributed by atoms with Crippen molar-refractivity contribution in [3.8, 4) is 17.0 Å². The molecule has 0 aliphatic rings. The molecule has 1 heterocycles. The predicted molar refractivity (Wildman–Crippen MR) is 89.8 cm³/mol. The number of nitrogens with zero attached hydrogens (tertiary/aromatic N) is 2. The fourth-order valence-corrected chi connectivity index (χ4v) is 2.47. The van der Waals surface area contributed by atoms with Crippen molar-refractivity contribution in [3.63, 3.8) is 0 Å². The van der Waals surface area contributed by atoms with Gasteiger partial charge < -0.3 is 4.74 Å². The highest BCUT2D eigenvalue weighted by atomic mass is 16.5. The number of aromatic nitrogens is 2. The van der Waals surface area contributed by atoms with Gasteiger partial charge in [0.05, 0.1) is 19.3 Å². The monoisotopic (exact) mass is 306 g/mol. The van der Waals surface area contributed by atoms with Crippen LogP contribution in [0.3, 0.4) is 0 Å². The standard InChI is InChI=1S/C19H18N2O2/c1-14(22)19-12-18(16-6-4-3-5-7-16)20-21(19)13-15-8-10-17(23-2)11-9-15/h3-12H,13H2,1-2H3. The Bertz CT molecular complexity index is 805. The van der Waals surface area contributed by atoms with Crippen molar-refractivity contribution in [2.75, 3.05) is 7.11 Å². The molecule has 3 rings (SSSR count). The highest BCUT2D eigenvalue weighted by Crippen LogP contribution is 2.20. The second-order valence-corrected chi connectivity index (χ2v) is 5.34. The van der Waals surface area contributed by atoms with Crippen molar-refractivity contribution >= 4 is 5.78 Å². The molecule has 4 heteroatoms.